The second-order valence-corrected chi connectivity index (χ2v) is 8.53. The molecule has 0 aliphatic carbocycles. The summed E-state index contributed by atoms with van der Waals surface area (Å²) < 4.78 is 28.5. The van der Waals surface area contributed by atoms with Crippen molar-refractivity contribution in [2.45, 2.75) is 15.8 Å². The zero-order valence-corrected chi connectivity index (χ0v) is 17.9. The third-order valence-corrected chi connectivity index (χ3v) is 6.73. The molecule has 0 saturated heterocycles. The summed E-state index contributed by atoms with van der Waals surface area (Å²) in [5.41, 5.74) is 22.2. The number of hydrazine groups is 1. The maximum atomic E-state index is 13.0. The van der Waals surface area contributed by atoms with Crippen molar-refractivity contribution in [3.63, 3.8) is 0 Å². The Labute approximate surface area is 182 Å². The van der Waals surface area contributed by atoms with E-state index in [1.54, 1.807) is 24.3 Å². The summed E-state index contributed by atoms with van der Waals surface area (Å²) in [6.45, 7) is 0.322. The Kier molecular flexibility index (Phi) is 7.39. The van der Waals surface area contributed by atoms with Gasteiger partial charge in [-0.2, -0.15) is 5.21 Å². The molecule has 2 unspecified atom stereocenters. The molecule has 3 rings (SSSR count). The second kappa shape index (κ2) is 10.0. The molecule has 15 heteroatoms. The first-order valence-corrected chi connectivity index (χ1v) is 11.3. The van der Waals surface area contributed by atoms with Crippen LogP contribution in [0.4, 0.5) is 11.4 Å². The lowest BCUT2D eigenvalue weighted by atomic mass is 9.97. The summed E-state index contributed by atoms with van der Waals surface area (Å²) in [5, 5.41) is 19.7. The van der Waals surface area contributed by atoms with Crippen molar-refractivity contribution in [1.82, 2.24) is 25.3 Å². The Hall–Kier alpha value is -2.79. The van der Waals surface area contributed by atoms with E-state index < -0.39 is 28.0 Å². The maximum Gasteiger partial charge on any atom is 0.206 e. The first-order valence-electron chi connectivity index (χ1n) is 8.93. The Morgan fingerprint density at radius 3 is 2.42 bits per heavy atom. The molecule has 13 N–H and O–H groups in total. The van der Waals surface area contributed by atoms with Crippen molar-refractivity contribution in [3.05, 3.63) is 30.3 Å². The van der Waals surface area contributed by atoms with Gasteiger partial charge in [-0.15, -0.1) is 10.2 Å². The number of aromatic amines is 1. The number of nitrogens with zero attached hydrogens (tertiary/aromatic N) is 3. The average Bonchev–Trinajstić information content (AvgIpc) is 3.31. The van der Waals surface area contributed by atoms with Crippen LogP contribution in [0.1, 0.15) is 0 Å². The lowest BCUT2D eigenvalue weighted by molar-refractivity contribution is 0.613. The molecule has 0 saturated carbocycles. The van der Waals surface area contributed by atoms with Gasteiger partial charge in [0.05, 0.1) is 21.2 Å². The molecule has 1 heterocycles. The van der Waals surface area contributed by atoms with Crippen molar-refractivity contribution in [2.24, 2.45) is 22.4 Å². The maximum absolute atomic E-state index is 13.0. The minimum atomic E-state index is -2.07. The van der Waals surface area contributed by atoms with Crippen LogP contribution in [0.25, 0.3) is 22.5 Å². The number of anilines is 2. The fourth-order valence-corrected chi connectivity index (χ4v) is 5.18. The Morgan fingerprint density at radius 2 is 1.84 bits per heavy atom. The molecule has 31 heavy (non-hydrogen) atoms. The fraction of sp³-hybridized carbons (Fsp3) is 0.188. The van der Waals surface area contributed by atoms with Crippen LogP contribution in [0.15, 0.2) is 40.1 Å². The molecular weight excluding hydrogens is 442 g/mol. The number of hydrogen-bond acceptors (Lipinski definition) is 10. The smallest absolute Gasteiger partial charge is 0.206 e. The Balaban J connectivity index is 2.29. The van der Waals surface area contributed by atoms with Gasteiger partial charge in [-0.3, -0.25) is 5.84 Å². The average molecular weight is 466 g/mol. The normalized spacial score (nSPS) is 13.3. The first kappa shape index (κ1) is 22.9. The summed E-state index contributed by atoms with van der Waals surface area (Å²) in [7, 11) is -3.90. The number of nitrogen functional groups attached to an aromatic ring is 2. The molecular formula is C16H23N11O2S2. The molecule has 0 aliphatic heterocycles. The van der Waals surface area contributed by atoms with E-state index in [-0.39, 0.29) is 34.3 Å². The molecule has 2 atom stereocenters. The Bertz CT molecular complexity index is 1100. The van der Waals surface area contributed by atoms with Crippen molar-refractivity contribution < 1.29 is 8.42 Å². The summed E-state index contributed by atoms with van der Waals surface area (Å²) >= 11 is 0. The molecule has 0 radical (unpaired) electrons. The third-order valence-electron chi connectivity index (χ3n) is 4.49. The summed E-state index contributed by atoms with van der Waals surface area (Å²) in [5.74, 6) is 5.64. The number of tetrazole rings is 1. The third kappa shape index (κ3) is 4.62. The van der Waals surface area contributed by atoms with Gasteiger partial charge in [-0.05, 0) is 22.9 Å². The highest BCUT2D eigenvalue weighted by atomic mass is 32.2. The van der Waals surface area contributed by atoms with E-state index >= 15 is 0 Å². The van der Waals surface area contributed by atoms with Crippen LogP contribution in [0.3, 0.4) is 0 Å². The summed E-state index contributed by atoms with van der Waals surface area (Å²) in [4.78, 5) is 0.228. The number of benzene rings is 2. The standard InChI is InChI=1S/C16H23N11O2S2/c17-6-8(7-18)25-31(29)12-5-4-9(10-2-1-3-11(22-20)14(10)19)13(15(12)30(21)28)16-23-26-27-24-16/h1-5,8,22,25H,6-7,17-21H2,(H,23,24,26,27). The van der Waals surface area contributed by atoms with Gasteiger partial charge in [0.2, 0.25) is 5.82 Å². The zero-order valence-electron chi connectivity index (χ0n) is 16.2. The largest absolute Gasteiger partial charge is 0.397 e. The van der Waals surface area contributed by atoms with Crippen molar-refractivity contribution in [2.75, 3.05) is 24.2 Å². The molecule has 13 nitrogen and oxygen atoms in total. The molecule has 0 fully saturated rings. The first-order chi connectivity index (χ1) is 14.9. The molecule has 0 amide bonds. The Morgan fingerprint density at radius 1 is 1.10 bits per heavy atom. The second-order valence-electron chi connectivity index (χ2n) is 6.31. The molecule has 3 aromatic rings. The van der Waals surface area contributed by atoms with E-state index in [9.17, 15) is 8.42 Å². The lowest BCUT2D eigenvalue weighted by Gasteiger charge is -2.19. The van der Waals surface area contributed by atoms with Gasteiger partial charge in [0, 0.05) is 30.3 Å². The molecule has 2 aromatic carbocycles. The van der Waals surface area contributed by atoms with Gasteiger partial charge in [-0.25, -0.2) is 18.3 Å². The molecule has 166 valence electrons. The van der Waals surface area contributed by atoms with E-state index in [0.29, 0.717) is 22.5 Å². The SMILES string of the molecule is NCC(CN)NS(=O)c1ccc(-c2cccc(NN)c2N)c(-c2nn[nH]n2)c1S(N)=O. The number of para-hydroxylation sites is 1. The predicted octanol–water partition coefficient (Wildman–Crippen LogP) is -1.72. The topological polar surface area (TPSA) is 243 Å². The van der Waals surface area contributed by atoms with Crippen LogP contribution in [-0.4, -0.2) is 48.2 Å². The number of aromatic nitrogens is 4. The predicted molar refractivity (Wildman–Crippen MR) is 119 cm³/mol. The molecule has 0 bridgehead atoms. The van der Waals surface area contributed by atoms with Gasteiger partial charge in [0.15, 0.2) is 0 Å². The van der Waals surface area contributed by atoms with Crippen LogP contribution < -0.4 is 38.3 Å². The van der Waals surface area contributed by atoms with Gasteiger partial charge < -0.3 is 22.6 Å². The summed E-state index contributed by atoms with van der Waals surface area (Å²) in [6, 6.07) is 7.95. The lowest BCUT2D eigenvalue weighted by Crippen LogP contribution is -2.43. The van der Waals surface area contributed by atoms with Crippen molar-refractivity contribution in [1.29, 1.82) is 0 Å². The quantitative estimate of drug-likeness (QED) is 0.101. The number of rotatable bonds is 9. The van der Waals surface area contributed by atoms with Crippen LogP contribution >= 0.6 is 0 Å². The van der Waals surface area contributed by atoms with Crippen LogP contribution in [0.2, 0.25) is 0 Å². The van der Waals surface area contributed by atoms with E-state index in [4.69, 9.17) is 28.2 Å². The van der Waals surface area contributed by atoms with Crippen molar-refractivity contribution in [3.8, 4) is 22.5 Å². The van der Waals surface area contributed by atoms with Crippen molar-refractivity contribution >= 4 is 33.3 Å². The molecule has 1 aromatic heterocycles. The van der Waals surface area contributed by atoms with E-state index in [2.05, 4.69) is 30.8 Å². The van der Waals surface area contributed by atoms with Gasteiger partial charge in [0.25, 0.3) is 0 Å². The highest BCUT2D eigenvalue weighted by Crippen LogP contribution is 2.41. The molecule has 0 spiro atoms. The number of nitrogens with two attached hydrogens (primary N) is 5. The van der Waals surface area contributed by atoms with E-state index in [0.717, 1.165) is 0 Å². The monoisotopic (exact) mass is 465 g/mol. The highest BCUT2D eigenvalue weighted by Gasteiger charge is 2.26. The number of hydrogen-bond donors (Lipinski definition) is 8. The van der Waals surface area contributed by atoms with Gasteiger partial charge in [-0.1, -0.05) is 18.2 Å². The number of H-pyrrole nitrogens is 1. The van der Waals surface area contributed by atoms with Gasteiger partial charge >= 0.3 is 0 Å². The van der Waals surface area contributed by atoms with Crippen LogP contribution in [-0.2, 0) is 22.0 Å². The van der Waals surface area contributed by atoms with Gasteiger partial charge in [0.1, 0.15) is 22.0 Å². The van der Waals surface area contributed by atoms with Crippen LogP contribution in [0.5, 0.6) is 0 Å². The summed E-state index contributed by atoms with van der Waals surface area (Å²) in [6.07, 6.45) is 0. The minimum absolute atomic E-state index is 0.0584. The van der Waals surface area contributed by atoms with E-state index in [1.165, 1.54) is 6.07 Å². The fourth-order valence-electron chi connectivity index (χ4n) is 2.96. The number of nitrogens with one attached hydrogen (secondary N) is 3. The molecule has 0 aliphatic rings. The van der Waals surface area contributed by atoms with E-state index in [1.807, 2.05) is 0 Å². The minimum Gasteiger partial charge on any atom is -0.397 e. The van der Waals surface area contributed by atoms with Crippen LogP contribution in [0, 0.1) is 0 Å². The zero-order chi connectivity index (χ0) is 22.5. The highest BCUT2D eigenvalue weighted by molar-refractivity contribution is 7.86.